The largest absolute Gasteiger partial charge is 0.353 e. The fraction of sp³-hybridized carbons (Fsp3) is 0.435. The van der Waals surface area contributed by atoms with Crippen LogP contribution in [0.2, 0.25) is 0 Å². The third-order valence-corrected chi connectivity index (χ3v) is 7.02. The van der Waals surface area contributed by atoms with Crippen LogP contribution in [0.3, 0.4) is 0 Å². The fourth-order valence-corrected chi connectivity index (χ4v) is 5.42. The van der Waals surface area contributed by atoms with Crippen LogP contribution >= 0.6 is 11.8 Å². The van der Waals surface area contributed by atoms with Crippen molar-refractivity contribution in [2.75, 3.05) is 22.9 Å². The van der Waals surface area contributed by atoms with Crippen LogP contribution in [-0.4, -0.2) is 38.9 Å². The first kappa shape index (κ1) is 24.3. The van der Waals surface area contributed by atoms with Crippen LogP contribution in [0.25, 0.3) is 0 Å². The second-order valence-electron chi connectivity index (χ2n) is 7.61. The van der Waals surface area contributed by atoms with Gasteiger partial charge in [-0.1, -0.05) is 48.9 Å². The van der Waals surface area contributed by atoms with Gasteiger partial charge in [-0.05, 0) is 49.9 Å². The number of carbonyl (C=O) groups is 1. The van der Waals surface area contributed by atoms with Gasteiger partial charge in [0, 0.05) is 18.1 Å². The monoisotopic (exact) mass is 448 g/mol. The molecule has 0 aromatic heterocycles. The quantitative estimate of drug-likeness (QED) is 0.553. The third kappa shape index (κ3) is 6.77. The summed E-state index contributed by atoms with van der Waals surface area (Å²) in [5.41, 5.74) is 4.84. The standard InChI is InChI=1S/C23H32N2O3S2/c1-6-21(25(30(5,27)28)22-15-18(3)10-11-19(22)4)23(26)24-12-13-29-16-20-9-7-8-17(2)14-20/h7-11,14-15,21H,6,12-13,16H2,1-5H3,(H,24,26)/t21-/m0/s1. The number of rotatable bonds is 10. The van der Waals surface area contributed by atoms with Gasteiger partial charge < -0.3 is 5.32 Å². The number of nitrogens with one attached hydrogen (secondary N) is 1. The molecule has 5 nitrogen and oxygen atoms in total. The van der Waals surface area contributed by atoms with E-state index in [-0.39, 0.29) is 5.91 Å². The summed E-state index contributed by atoms with van der Waals surface area (Å²) in [6.07, 6.45) is 1.55. The lowest BCUT2D eigenvalue weighted by atomic mass is 10.1. The first-order valence-corrected chi connectivity index (χ1v) is 13.1. The Hall–Kier alpha value is -1.99. The number of hydrogen-bond acceptors (Lipinski definition) is 4. The number of anilines is 1. The van der Waals surface area contributed by atoms with Gasteiger partial charge in [0.2, 0.25) is 15.9 Å². The lowest BCUT2D eigenvalue weighted by Gasteiger charge is -2.31. The Morgan fingerprint density at radius 2 is 1.80 bits per heavy atom. The molecule has 0 aliphatic heterocycles. The zero-order valence-electron chi connectivity index (χ0n) is 18.4. The van der Waals surface area contributed by atoms with E-state index >= 15 is 0 Å². The summed E-state index contributed by atoms with van der Waals surface area (Å²) >= 11 is 1.74. The highest BCUT2D eigenvalue weighted by molar-refractivity contribution is 7.98. The van der Waals surface area contributed by atoms with Crippen molar-refractivity contribution in [3.8, 4) is 0 Å². The molecule has 0 aliphatic rings. The highest BCUT2D eigenvalue weighted by Crippen LogP contribution is 2.27. The van der Waals surface area contributed by atoms with Gasteiger partial charge in [0.05, 0.1) is 11.9 Å². The van der Waals surface area contributed by atoms with Crippen LogP contribution in [0.15, 0.2) is 42.5 Å². The predicted octanol–water partition coefficient (Wildman–Crippen LogP) is 4.21. The predicted molar refractivity (Wildman–Crippen MR) is 128 cm³/mol. The van der Waals surface area contributed by atoms with Crippen LogP contribution in [0.4, 0.5) is 5.69 Å². The van der Waals surface area contributed by atoms with E-state index < -0.39 is 16.1 Å². The van der Waals surface area contributed by atoms with Crippen molar-refractivity contribution in [1.29, 1.82) is 0 Å². The molecule has 0 saturated carbocycles. The summed E-state index contributed by atoms with van der Waals surface area (Å²) in [5, 5.41) is 2.92. The lowest BCUT2D eigenvalue weighted by molar-refractivity contribution is -0.122. The molecule has 0 aliphatic carbocycles. The van der Waals surface area contributed by atoms with Crippen molar-refractivity contribution in [2.24, 2.45) is 0 Å². The minimum absolute atomic E-state index is 0.264. The minimum Gasteiger partial charge on any atom is -0.353 e. The highest BCUT2D eigenvalue weighted by atomic mass is 32.2. The van der Waals surface area contributed by atoms with E-state index in [0.717, 1.165) is 28.9 Å². The van der Waals surface area contributed by atoms with Crippen LogP contribution in [0.1, 0.15) is 35.6 Å². The molecular weight excluding hydrogens is 416 g/mol. The van der Waals surface area contributed by atoms with Crippen molar-refractivity contribution in [2.45, 2.75) is 45.9 Å². The number of carbonyl (C=O) groups excluding carboxylic acids is 1. The summed E-state index contributed by atoms with van der Waals surface area (Å²) in [5.74, 6) is 1.38. The maximum Gasteiger partial charge on any atom is 0.243 e. The van der Waals surface area contributed by atoms with Gasteiger partial charge in [0.25, 0.3) is 0 Å². The van der Waals surface area contributed by atoms with Crippen LogP contribution in [0, 0.1) is 20.8 Å². The smallest absolute Gasteiger partial charge is 0.243 e. The van der Waals surface area contributed by atoms with E-state index in [1.54, 1.807) is 11.8 Å². The third-order valence-electron chi connectivity index (χ3n) is 4.83. The Bertz CT molecular complexity index is 974. The molecule has 0 radical (unpaired) electrons. The molecule has 0 spiro atoms. The van der Waals surface area contributed by atoms with E-state index in [1.807, 2.05) is 45.0 Å². The number of hydrogen-bond donors (Lipinski definition) is 1. The molecule has 0 bridgehead atoms. The molecule has 1 amide bonds. The average molecular weight is 449 g/mol. The fourth-order valence-electron chi connectivity index (χ4n) is 3.35. The normalized spacial score (nSPS) is 12.4. The SMILES string of the molecule is CC[C@@H](C(=O)NCCSCc1cccc(C)c1)N(c1cc(C)ccc1C)S(C)(=O)=O. The van der Waals surface area contributed by atoms with Crippen molar-refractivity contribution >= 4 is 33.4 Å². The van der Waals surface area contributed by atoms with Crippen LogP contribution < -0.4 is 9.62 Å². The molecule has 0 fully saturated rings. The second kappa shape index (κ2) is 10.9. The molecule has 1 atom stereocenters. The summed E-state index contributed by atoms with van der Waals surface area (Å²) < 4.78 is 26.5. The molecule has 0 saturated heterocycles. The first-order valence-electron chi connectivity index (χ1n) is 10.1. The highest BCUT2D eigenvalue weighted by Gasteiger charge is 2.32. The Kier molecular flexibility index (Phi) is 8.79. The molecule has 0 unspecified atom stereocenters. The summed E-state index contributed by atoms with van der Waals surface area (Å²) in [4.78, 5) is 12.9. The molecule has 164 valence electrons. The number of aryl methyl sites for hydroxylation is 3. The topological polar surface area (TPSA) is 66.5 Å². The molecule has 1 N–H and O–H groups in total. The molecule has 2 aromatic rings. The molecule has 7 heteroatoms. The molecule has 2 aromatic carbocycles. The van der Waals surface area contributed by atoms with Crippen molar-refractivity contribution in [3.63, 3.8) is 0 Å². The summed E-state index contributed by atoms with van der Waals surface area (Å²) in [6.45, 7) is 8.18. The van der Waals surface area contributed by atoms with Crippen molar-refractivity contribution in [1.82, 2.24) is 5.32 Å². The number of thioether (sulfide) groups is 1. The Morgan fingerprint density at radius 3 is 2.43 bits per heavy atom. The number of sulfonamides is 1. The zero-order chi connectivity index (χ0) is 22.3. The first-order chi connectivity index (χ1) is 14.1. The van der Waals surface area contributed by atoms with Gasteiger partial charge in [-0.3, -0.25) is 9.10 Å². The summed E-state index contributed by atoms with van der Waals surface area (Å²) in [6, 6.07) is 13.2. The molecule has 30 heavy (non-hydrogen) atoms. The van der Waals surface area contributed by atoms with Crippen molar-refractivity contribution < 1.29 is 13.2 Å². The Morgan fingerprint density at radius 1 is 1.10 bits per heavy atom. The van der Waals surface area contributed by atoms with Gasteiger partial charge >= 0.3 is 0 Å². The van der Waals surface area contributed by atoms with E-state index in [2.05, 4.69) is 30.4 Å². The second-order valence-corrected chi connectivity index (χ2v) is 10.6. The zero-order valence-corrected chi connectivity index (χ0v) is 20.1. The van der Waals surface area contributed by atoms with Gasteiger partial charge in [-0.2, -0.15) is 11.8 Å². The molecular formula is C23H32N2O3S2. The number of nitrogens with zero attached hydrogens (tertiary/aromatic N) is 1. The Labute approximate surface area is 185 Å². The Balaban J connectivity index is 2.02. The van der Waals surface area contributed by atoms with E-state index in [4.69, 9.17) is 0 Å². The molecule has 2 rings (SSSR count). The van der Waals surface area contributed by atoms with E-state index in [9.17, 15) is 13.2 Å². The van der Waals surface area contributed by atoms with E-state index in [1.165, 1.54) is 15.4 Å². The van der Waals surface area contributed by atoms with Gasteiger partial charge in [0.15, 0.2) is 0 Å². The maximum absolute atomic E-state index is 12.9. The number of benzene rings is 2. The maximum atomic E-state index is 12.9. The van der Waals surface area contributed by atoms with Crippen LogP contribution in [-0.2, 0) is 20.6 Å². The summed E-state index contributed by atoms with van der Waals surface area (Å²) in [7, 11) is -3.62. The number of amides is 1. The lowest BCUT2D eigenvalue weighted by Crippen LogP contribution is -2.50. The van der Waals surface area contributed by atoms with Crippen molar-refractivity contribution in [3.05, 3.63) is 64.7 Å². The molecule has 0 heterocycles. The average Bonchev–Trinajstić information content (AvgIpc) is 2.67. The van der Waals surface area contributed by atoms with Gasteiger partial charge in [-0.15, -0.1) is 0 Å². The van der Waals surface area contributed by atoms with Gasteiger partial charge in [0.1, 0.15) is 6.04 Å². The van der Waals surface area contributed by atoms with Gasteiger partial charge in [-0.25, -0.2) is 8.42 Å². The minimum atomic E-state index is -3.62. The van der Waals surface area contributed by atoms with Crippen LogP contribution in [0.5, 0.6) is 0 Å². The van der Waals surface area contributed by atoms with E-state index in [0.29, 0.717) is 18.7 Å².